The number of phenols is 1. The van der Waals surface area contributed by atoms with Crippen molar-refractivity contribution in [2.24, 2.45) is 0 Å². The molecule has 0 spiro atoms. The molecule has 0 saturated carbocycles. The third kappa shape index (κ3) is 4.23. The molecular formula is C19H19F2NO4. The average Bonchev–Trinajstić information content (AvgIpc) is 2.59. The summed E-state index contributed by atoms with van der Waals surface area (Å²) in [5.41, 5.74) is 1.36. The van der Waals surface area contributed by atoms with Crippen LogP contribution in [-0.2, 0) is 11.2 Å². The molecule has 2 aromatic rings. The second-order valence-corrected chi connectivity index (χ2v) is 5.84. The van der Waals surface area contributed by atoms with Gasteiger partial charge in [-0.1, -0.05) is 6.92 Å². The summed E-state index contributed by atoms with van der Waals surface area (Å²) in [6.07, 6.45) is -1.29. The first-order chi connectivity index (χ1) is 12.2. The summed E-state index contributed by atoms with van der Waals surface area (Å²) in [5, 5.41) is 21.9. The van der Waals surface area contributed by atoms with Crippen molar-refractivity contribution < 1.29 is 28.6 Å². The number of phenolic OH excluding ortho intramolecular Hbond substituents is 1. The Morgan fingerprint density at radius 3 is 2.35 bits per heavy atom. The summed E-state index contributed by atoms with van der Waals surface area (Å²) in [5.74, 6) is -3.12. The third-order valence-electron chi connectivity index (χ3n) is 4.10. The number of carbonyl (C=O) groups excluding carboxylic acids is 2. The first-order valence-electron chi connectivity index (χ1n) is 8.01. The predicted octanol–water partition coefficient (Wildman–Crippen LogP) is 2.57. The fourth-order valence-electron chi connectivity index (χ4n) is 2.71. The number of aliphatic hydroxyl groups excluding tert-OH is 1. The Hall–Kier alpha value is -2.80. The highest BCUT2D eigenvalue weighted by atomic mass is 19.1. The van der Waals surface area contributed by atoms with Crippen molar-refractivity contribution in [3.05, 3.63) is 64.2 Å². The quantitative estimate of drug-likeness (QED) is 0.689. The molecule has 1 unspecified atom stereocenters. The molecule has 1 atom stereocenters. The van der Waals surface area contributed by atoms with E-state index in [1.54, 1.807) is 6.92 Å². The lowest BCUT2D eigenvalue weighted by Gasteiger charge is -2.14. The highest BCUT2D eigenvalue weighted by Gasteiger charge is 2.21. The van der Waals surface area contributed by atoms with Gasteiger partial charge in [-0.15, -0.1) is 0 Å². The third-order valence-corrected chi connectivity index (χ3v) is 4.10. The van der Waals surface area contributed by atoms with Crippen LogP contribution in [0.3, 0.4) is 0 Å². The van der Waals surface area contributed by atoms with Crippen molar-refractivity contribution in [2.45, 2.75) is 26.4 Å². The predicted molar refractivity (Wildman–Crippen MR) is 90.9 cm³/mol. The van der Waals surface area contributed by atoms with E-state index < -0.39 is 36.0 Å². The maximum Gasteiger partial charge on any atom is 0.253 e. The van der Waals surface area contributed by atoms with Crippen LogP contribution in [0.1, 0.15) is 40.1 Å². The number of Topliss-reactive ketones (excluding diaryl/α,β-unsaturated/α-hetero) is 1. The molecule has 3 N–H and O–H groups in total. The van der Waals surface area contributed by atoms with Crippen LogP contribution in [0, 0.1) is 18.6 Å². The Morgan fingerprint density at radius 1 is 1.15 bits per heavy atom. The van der Waals surface area contributed by atoms with E-state index in [2.05, 4.69) is 5.32 Å². The normalized spacial score (nSPS) is 11.9. The molecule has 0 aliphatic rings. The minimum atomic E-state index is -1.81. The molecule has 5 nitrogen and oxygen atoms in total. The molecule has 0 saturated heterocycles. The van der Waals surface area contributed by atoms with Crippen LogP contribution in [0.15, 0.2) is 30.3 Å². The molecule has 0 aliphatic carbocycles. The SMILES string of the molecule is CCc1c(C(=O)CNC(=O)C(O)c2cc(F)cc(F)c2)ccc(O)c1C. The van der Waals surface area contributed by atoms with Crippen molar-refractivity contribution in [1.82, 2.24) is 5.32 Å². The summed E-state index contributed by atoms with van der Waals surface area (Å²) in [6.45, 7) is 3.12. The Balaban J connectivity index is 2.09. The number of hydrogen-bond donors (Lipinski definition) is 3. The highest BCUT2D eigenvalue weighted by molar-refractivity contribution is 6.01. The molecule has 0 bridgehead atoms. The van der Waals surface area contributed by atoms with Crippen molar-refractivity contribution in [2.75, 3.05) is 6.54 Å². The van der Waals surface area contributed by atoms with Crippen molar-refractivity contribution in [3.63, 3.8) is 0 Å². The van der Waals surface area contributed by atoms with Gasteiger partial charge in [0.05, 0.1) is 6.54 Å². The van der Waals surface area contributed by atoms with Gasteiger partial charge in [-0.3, -0.25) is 9.59 Å². The van der Waals surface area contributed by atoms with Crippen molar-refractivity contribution in [3.8, 4) is 5.75 Å². The minimum Gasteiger partial charge on any atom is -0.508 e. The average molecular weight is 363 g/mol. The molecule has 138 valence electrons. The summed E-state index contributed by atoms with van der Waals surface area (Å²) in [6, 6.07) is 5.17. The zero-order valence-electron chi connectivity index (χ0n) is 14.3. The number of aromatic hydroxyl groups is 1. The number of amides is 1. The van der Waals surface area contributed by atoms with E-state index in [1.165, 1.54) is 12.1 Å². The molecule has 2 aromatic carbocycles. The highest BCUT2D eigenvalue weighted by Crippen LogP contribution is 2.24. The first kappa shape index (κ1) is 19.5. The van der Waals surface area contributed by atoms with Crippen molar-refractivity contribution in [1.29, 1.82) is 0 Å². The second kappa shape index (κ2) is 8.05. The van der Waals surface area contributed by atoms with E-state index in [1.807, 2.05) is 6.92 Å². The molecule has 0 aromatic heterocycles. The van der Waals surface area contributed by atoms with Gasteiger partial charge in [0, 0.05) is 11.6 Å². The Kier molecular flexibility index (Phi) is 6.05. The number of carbonyl (C=O) groups is 2. The topological polar surface area (TPSA) is 86.6 Å². The lowest BCUT2D eigenvalue weighted by Crippen LogP contribution is -2.34. The minimum absolute atomic E-state index is 0.0750. The number of hydrogen-bond acceptors (Lipinski definition) is 4. The van der Waals surface area contributed by atoms with Gasteiger partial charge in [-0.25, -0.2) is 8.78 Å². The van der Waals surface area contributed by atoms with Crippen LogP contribution in [0.2, 0.25) is 0 Å². The van der Waals surface area contributed by atoms with Gasteiger partial charge in [0.15, 0.2) is 11.9 Å². The van der Waals surface area contributed by atoms with Gasteiger partial charge >= 0.3 is 0 Å². The summed E-state index contributed by atoms with van der Waals surface area (Å²) < 4.78 is 26.4. The van der Waals surface area contributed by atoms with E-state index >= 15 is 0 Å². The molecule has 0 heterocycles. The van der Waals surface area contributed by atoms with Gasteiger partial charge in [-0.2, -0.15) is 0 Å². The van der Waals surface area contributed by atoms with E-state index in [-0.39, 0.29) is 11.3 Å². The second-order valence-electron chi connectivity index (χ2n) is 5.84. The zero-order valence-corrected chi connectivity index (χ0v) is 14.3. The van der Waals surface area contributed by atoms with Gasteiger partial charge in [-0.05, 0) is 54.3 Å². The van der Waals surface area contributed by atoms with Crippen LogP contribution in [0.25, 0.3) is 0 Å². The first-order valence-corrected chi connectivity index (χ1v) is 8.01. The van der Waals surface area contributed by atoms with Crippen LogP contribution < -0.4 is 5.32 Å². The van der Waals surface area contributed by atoms with Gasteiger partial charge in [0.1, 0.15) is 17.4 Å². The molecular weight excluding hydrogens is 344 g/mol. The van der Waals surface area contributed by atoms with Gasteiger partial charge in [0.25, 0.3) is 5.91 Å². The number of halogens is 2. The fraction of sp³-hybridized carbons (Fsp3) is 0.263. The number of rotatable bonds is 6. The maximum atomic E-state index is 13.2. The van der Waals surface area contributed by atoms with E-state index in [4.69, 9.17) is 0 Å². The van der Waals surface area contributed by atoms with Crippen LogP contribution in [-0.4, -0.2) is 28.4 Å². The molecule has 26 heavy (non-hydrogen) atoms. The van der Waals surface area contributed by atoms with E-state index in [0.29, 0.717) is 29.2 Å². The smallest absolute Gasteiger partial charge is 0.253 e. The molecule has 2 rings (SSSR count). The van der Waals surface area contributed by atoms with E-state index in [9.17, 15) is 28.6 Å². The zero-order chi connectivity index (χ0) is 19.4. The lowest BCUT2D eigenvalue weighted by atomic mass is 9.96. The van der Waals surface area contributed by atoms with Crippen LogP contribution in [0.4, 0.5) is 8.78 Å². The number of aliphatic hydroxyl groups is 1. The van der Waals surface area contributed by atoms with Crippen LogP contribution in [0.5, 0.6) is 5.75 Å². The number of ketones is 1. The molecule has 0 fully saturated rings. The molecule has 0 radical (unpaired) electrons. The fourth-order valence-corrected chi connectivity index (χ4v) is 2.71. The Labute approximate surface area is 149 Å². The molecule has 1 amide bonds. The maximum absolute atomic E-state index is 13.2. The monoisotopic (exact) mass is 363 g/mol. The largest absolute Gasteiger partial charge is 0.508 e. The van der Waals surface area contributed by atoms with Gasteiger partial charge < -0.3 is 15.5 Å². The van der Waals surface area contributed by atoms with Gasteiger partial charge in [0.2, 0.25) is 0 Å². The Morgan fingerprint density at radius 2 is 1.77 bits per heavy atom. The molecule has 0 aliphatic heterocycles. The number of benzene rings is 2. The molecule has 7 heteroatoms. The van der Waals surface area contributed by atoms with Crippen molar-refractivity contribution >= 4 is 11.7 Å². The lowest BCUT2D eigenvalue weighted by molar-refractivity contribution is -0.129. The van der Waals surface area contributed by atoms with Crippen LogP contribution >= 0.6 is 0 Å². The summed E-state index contributed by atoms with van der Waals surface area (Å²) >= 11 is 0. The summed E-state index contributed by atoms with van der Waals surface area (Å²) in [7, 11) is 0. The standard InChI is InChI=1S/C19H19F2NO4/c1-3-14-10(2)16(23)5-4-15(14)17(24)9-22-19(26)18(25)11-6-12(20)8-13(21)7-11/h4-8,18,23,25H,3,9H2,1-2H3,(H,22,26). The summed E-state index contributed by atoms with van der Waals surface area (Å²) in [4.78, 5) is 24.3. The van der Waals surface area contributed by atoms with E-state index in [0.717, 1.165) is 12.1 Å². The number of nitrogens with one attached hydrogen (secondary N) is 1. The Bertz CT molecular complexity index is 831.